The van der Waals surface area contributed by atoms with E-state index in [1.54, 1.807) is 6.07 Å². The standard InChI is InChI=1S/C13H15BrClNO/c1-9-2-3-10(6-11(9)15)12(17)16-8-13(7-14)4-5-13/h2-3,6H,4-5,7-8H2,1H3,(H,16,17). The number of rotatable bonds is 4. The Labute approximate surface area is 115 Å². The molecule has 92 valence electrons. The zero-order valence-electron chi connectivity index (χ0n) is 9.72. The Morgan fingerprint density at radius 3 is 2.76 bits per heavy atom. The Morgan fingerprint density at radius 2 is 2.24 bits per heavy atom. The van der Waals surface area contributed by atoms with Crippen molar-refractivity contribution >= 4 is 33.4 Å². The number of alkyl halides is 1. The monoisotopic (exact) mass is 315 g/mol. The van der Waals surface area contributed by atoms with Gasteiger partial charge in [0.05, 0.1) is 0 Å². The maximum Gasteiger partial charge on any atom is 0.251 e. The summed E-state index contributed by atoms with van der Waals surface area (Å²) in [6.45, 7) is 2.66. The van der Waals surface area contributed by atoms with Crippen molar-refractivity contribution < 1.29 is 4.79 Å². The second-order valence-corrected chi connectivity index (χ2v) is 5.75. The molecule has 1 N–H and O–H groups in total. The number of carbonyl (C=O) groups excluding carboxylic acids is 1. The first-order valence-corrected chi connectivity index (χ1v) is 7.17. The van der Waals surface area contributed by atoms with E-state index >= 15 is 0 Å². The maximum absolute atomic E-state index is 11.9. The minimum Gasteiger partial charge on any atom is -0.351 e. The molecule has 2 rings (SSSR count). The van der Waals surface area contributed by atoms with Crippen LogP contribution < -0.4 is 5.32 Å². The highest BCUT2D eigenvalue weighted by atomic mass is 79.9. The predicted molar refractivity (Wildman–Crippen MR) is 74.0 cm³/mol. The summed E-state index contributed by atoms with van der Waals surface area (Å²) in [6.07, 6.45) is 2.38. The molecule has 0 radical (unpaired) electrons. The highest BCUT2D eigenvalue weighted by molar-refractivity contribution is 9.09. The number of hydrogen-bond donors (Lipinski definition) is 1. The lowest BCUT2D eigenvalue weighted by atomic mass is 10.1. The molecular formula is C13H15BrClNO. The second-order valence-electron chi connectivity index (χ2n) is 4.78. The zero-order valence-corrected chi connectivity index (χ0v) is 12.1. The van der Waals surface area contributed by atoms with Crippen LogP contribution in [0, 0.1) is 12.3 Å². The van der Waals surface area contributed by atoms with E-state index in [0.29, 0.717) is 16.0 Å². The molecule has 0 aliphatic heterocycles. The average Bonchev–Trinajstić information content (AvgIpc) is 3.10. The Hall–Kier alpha value is -0.540. The fourth-order valence-corrected chi connectivity index (χ4v) is 2.58. The third kappa shape index (κ3) is 3.02. The fraction of sp³-hybridized carbons (Fsp3) is 0.462. The van der Waals surface area contributed by atoms with E-state index in [1.807, 2.05) is 19.1 Å². The van der Waals surface area contributed by atoms with Gasteiger partial charge in [-0.25, -0.2) is 0 Å². The molecule has 0 aromatic heterocycles. The van der Waals surface area contributed by atoms with Crippen molar-refractivity contribution in [2.75, 3.05) is 11.9 Å². The first kappa shape index (κ1) is 12.9. The molecule has 0 saturated heterocycles. The van der Waals surface area contributed by atoms with Crippen molar-refractivity contribution in [2.45, 2.75) is 19.8 Å². The molecule has 17 heavy (non-hydrogen) atoms. The number of halogens is 2. The van der Waals surface area contributed by atoms with Gasteiger partial charge in [0.15, 0.2) is 0 Å². The van der Waals surface area contributed by atoms with Gasteiger partial charge in [-0.3, -0.25) is 4.79 Å². The Balaban J connectivity index is 1.97. The van der Waals surface area contributed by atoms with E-state index < -0.39 is 0 Å². The largest absolute Gasteiger partial charge is 0.351 e. The molecule has 0 unspecified atom stereocenters. The minimum atomic E-state index is -0.0425. The van der Waals surface area contributed by atoms with Crippen LogP contribution in [0.1, 0.15) is 28.8 Å². The number of amides is 1. The van der Waals surface area contributed by atoms with E-state index in [4.69, 9.17) is 11.6 Å². The van der Waals surface area contributed by atoms with Crippen molar-refractivity contribution in [2.24, 2.45) is 5.41 Å². The summed E-state index contributed by atoms with van der Waals surface area (Å²) in [5, 5.41) is 4.56. The normalized spacial score (nSPS) is 16.6. The molecule has 1 amide bonds. The van der Waals surface area contributed by atoms with Crippen LogP contribution in [0.3, 0.4) is 0 Å². The van der Waals surface area contributed by atoms with Crippen LogP contribution in [-0.4, -0.2) is 17.8 Å². The smallest absolute Gasteiger partial charge is 0.251 e. The van der Waals surface area contributed by atoms with Crippen molar-refractivity contribution in [1.29, 1.82) is 0 Å². The molecule has 0 atom stereocenters. The summed E-state index contributed by atoms with van der Waals surface area (Å²) < 4.78 is 0. The van der Waals surface area contributed by atoms with Crippen LogP contribution >= 0.6 is 27.5 Å². The van der Waals surface area contributed by atoms with Gasteiger partial charge in [0, 0.05) is 22.5 Å². The lowest BCUT2D eigenvalue weighted by Gasteiger charge is -2.12. The van der Waals surface area contributed by atoms with Crippen molar-refractivity contribution in [1.82, 2.24) is 5.32 Å². The van der Waals surface area contributed by atoms with Gasteiger partial charge in [-0.2, -0.15) is 0 Å². The number of hydrogen-bond acceptors (Lipinski definition) is 1. The van der Waals surface area contributed by atoms with E-state index in [-0.39, 0.29) is 5.91 Å². The van der Waals surface area contributed by atoms with E-state index in [1.165, 1.54) is 12.8 Å². The quantitative estimate of drug-likeness (QED) is 0.846. The van der Waals surface area contributed by atoms with Crippen LogP contribution in [0.15, 0.2) is 18.2 Å². The predicted octanol–water partition coefficient (Wildman–Crippen LogP) is 3.55. The SMILES string of the molecule is Cc1ccc(C(=O)NCC2(CBr)CC2)cc1Cl. The third-order valence-corrected chi connectivity index (χ3v) is 4.90. The fourth-order valence-electron chi connectivity index (χ4n) is 1.64. The molecule has 0 heterocycles. The van der Waals surface area contributed by atoms with Gasteiger partial charge >= 0.3 is 0 Å². The van der Waals surface area contributed by atoms with Crippen molar-refractivity contribution in [3.05, 3.63) is 34.3 Å². The van der Waals surface area contributed by atoms with Gasteiger partial charge in [-0.1, -0.05) is 33.6 Å². The van der Waals surface area contributed by atoms with Crippen LogP contribution in [0.2, 0.25) is 5.02 Å². The molecular weight excluding hydrogens is 302 g/mol. The molecule has 2 nitrogen and oxygen atoms in total. The number of aryl methyl sites for hydroxylation is 1. The molecule has 4 heteroatoms. The Morgan fingerprint density at radius 1 is 1.53 bits per heavy atom. The summed E-state index contributed by atoms with van der Waals surface area (Å²) in [4.78, 5) is 11.9. The first-order valence-electron chi connectivity index (χ1n) is 5.67. The van der Waals surface area contributed by atoms with Gasteiger partial charge in [-0.05, 0) is 42.9 Å². The van der Waals surface area contributed by atoms with Crippen molar-refractivity contribution in [3.8, 4) is 0 Å². The number of nitrogens with one attached hydrogen (secondary N) is 1. The van der Waals surface area contributed by atoms with Crippen molar-refractivity contribution in [3.63, 3.8) is 0 Å². The van der Waals surface area contributed by atoms with Gasteiger partial charge in [0.1, 0.15) is 0 Å². The van der Waals surface area contributed by atoms with E-state index in [0.717, 1.165) is 17.4 Å². The molecule has 1 saturated carbocycles. The molecule has 1 fully saturated rings. The highest BCUT2D eigenvalue weighted by Crippen LogP contribution is 2.46. The molecule has 1 aromatic rings. The molecule has 0 spiro atoms. The molecule has 1 aliphatic carbocycles. The summed E-state index contributed by atoms with van der Waals surface area (Å²) >= 11 is 9.49. The zero-order chi connectivity index (χ0) is 12.5. The summed E-state index contributed by atoms with van der Waals surface area (Å²) in [5.74, 6) is -0.0425. The Kier molecular flexibility index (Phi) is 3.79. The summed E-state index contributed by atoms with van der Waals surface area (Å²) in [7, 11) is 0. The van der Waals surface area contributed by atoms with E-state index in [2.05, 4.69) is 21.2 Å². The third-order valence-electron chi connectivity index (χ3n) is 3.30. The molecule has 1 aliphatic rings. The van der Waals surface area contributed by atoms with Gasteiger partial charge in [-0.15, -0.1) is 0 Å². The van der Waals surface area contributed by atoms with Gasteiger partial charge in [0.25, 0.3) is 5.91 Å². The average molecular weight is 317 g/mol. The molecule has 0 bridgehead atoms. The van der Waals surface area contributed by atoms with Crippen LogP contribution in [-0.2, 0) is 0 Å². The summed E-state index contributed by atoms with van der Waals surface area (Å²) in [5.41, 5.74) is 1.91. The second kappa shape index (κ2) is 4.99. The minimum absolute atomic E-state index is 0.0425. The highest BCUT2D eigenvalue weighted by Gasteiger charge is 2.41. The first-order chi connectivity index (χ1) is 8.06. The van der Waals surface area contributed by atoms with Crippen LogP contribution in [0.25, 0.3) is 0 Å². The lowest BCUT2D eigenvalue weighted by Crippen LogP contribution is -2.30. The van der Waals surface area contributed by atoms with Crippen LogP contribution in [0.4, 0.5) is 0 Å². The maximum atomic E-state index is 11.9. The van der Waals surface area contributed by atoms with E-state index in [9.17, 15) is 4.79 Å². The Bertz CT molecular complexity index is 443. The summed E-state index contributed by atoms with van der Waals surface area (Å²) in [6, 6.07) is 5.40. The lowest BCUT2D eigenvalue weighted by molar-refractivity contribution is 0.0946. The van der Waals surface area contributed by atoms with Gasteiger partial charge in [0.2, 0.25) is 0 Å². The topological polar surface area (TPSA) is 29.1 Å². The van der Waals surface area contributed by atoms with Gasteiger partial charge < -0.3 is 5.32 Å². The van der Waals surface area contributed by atoms with Crippen LogP contribution in [0.5, 0.6) is 0 Å². The number of benzene rings is 1. The molecule has 1 aromatic carbocycles. The number of carbonyl (C=O) groups is 1.